The summed E-state index contributed by atoms with van der Waals surface area (Å²) in [6.07, 6.45) is 3.28. The van der Waals surface area contributed by atoms with Gasteiger partial charge < -0.3 is 19.3 Å². The van der Waals surface area contributed by atoms with Crippen molar-refractivity contribution in [2.24, 2.45) is 0 Å². The van der Waals surface area contributed by atoms with E-state index in [1.54, 1.807) is 53.1 Å². The summed E-state index contributed by atoms with van der Waals surface area (Å²) in [7, 11) is 0. The molecule has 1 fully saturated rings. The first kappa shape index (κ1) is 23.5. The van der Waals surface area contributed by atoms with Crippen LogP contribution in [0.1, 0.15) is 29.3 Å². The second-order valence-electron chi connectivity index (χ2n) is 7.17. The molecule has 0 saturated carbocycles. The molecular formula is C24H25BrN2O5. The number of benzene rings is 2. The van der Waals surface area contributed by atoms with Crippen LogP contribution in [0.5, 0.6) is 5.75 Å². The van der Waals surface area contributed by atoms with Gasteiger partial charge in [0, 0.05) is 42.3 Å². The number of carbonyl (C=O) groups is 3. The van der Waals surface area contributed by atoms with Crippen LogP contribution in [0.15, 0.2) is 59.1 Å². The fourth-order valence-corrected chi connectivity index (χ4v) is 3.73. The highest BCUT2D eigenvalue weighted by Crippen LogP contribution is 2.16. The van der Waals surface area contributed by atoms with Crippen molar-refractivity contribution in [2.45, 2.75) is 13.3 Å². The quantitative estimate of drug-likeness (QED) is 0.346. The number of hydrogen-bond donors (Lipinski definition) is 0. The van der Waals surface area contributed by atoms with Crippen LogP contribution in [-0.4, -0.2) is 60.6 Å². The van der Waals surface area contributed by atoms with Crippen LogP contribution >= 0.6 is 15.9 Å². The third-order valence-corrected chi connectivity index (χ3v) is 5.42. The molecule has 168 valence electrons. The summed E-state index contributed by atoms with van der Waals surface area (Å²) in [5.41, 5.74) is 1.44. The van der Waals surface area contributed by atoms with E-state index in [1.807, 2.05) is 24.3 Å². The van der Waals surface area contributed by atoms with Crippen molar-refractivity contribution in [1.29, 1.82) is 0 Å². The van der Waals surface area contributed by atoms with Gasteiger partial charge in [-0.15, -0.1) is 0 Å². The molecule has 1 saturated heterocycles. The molecule has 2 aromatic rings. The Balaban J connectivity index is 1.55. The molecule has 0 radical (unpaired) electrons. The third-order valence-electron chi connectivity index (χ3n) is 4.93. The van der Waals surface area contributed by atoms with E-state index in [4.69, 9.17) is 9.47 Å². The monoisotopic (exact) mass is 500 g/mol. The van der Waals surface area contributed by atoms with Crippen LogP contribution in [0.2, 0.25) is 0 Å². The van der Waals surface area contributed by atoms with Crippen molar-refractivity contribution in [3.63, 3.8) is 0 Å². The van der Waals surface area contributed by atoms with Crippen molar-refractivity contribution in [1.82, 2.24) is 9.80 Å². The lowest BCUT2D eigenvalue weighted by Crippen LogP contribution is -2.36. The minimum Gasteiger partial charge on any atom is -0.434 e. The SMILES string of the molecule is CCOC(=O)Oc1ccc(C(=O)N2CCCN(C(=O)/C=C/c3cccc(Br)c3)CC2)cc1. The molecule has 0 N–H and O–H groups in total. The van der Waals surface area contributed by atoms with E-state index in [0.29, 0.717) is 43.9 Å². The number of amides is 2. The predicted octanol–water partition coefficient (Wildman–Crippen LogP) is 4.37. The van der Waals surface area contributed by atoms with E-state index >= 15 is 0 Å². The number of nitrogens with zero attached hydrogens (tertiary/aromatic N) is 2. The topological polar surface area (TPSA) is 76.2 Å². The first-order chi connectivity index (χ1) is 15.5. The zero-order valence-corrected chi connectivity index (χ0v) is 19.4. The molecule has 32 heavy (non-hydrogen) atoms. The molecule has 0 spiro atoms. The molecule has 3 rings (SSSR count). The smallest absolute Gasteiger partial charge is 0.434 e. The number of hydrogen-bond acceptors (Lipinski definition) is 5. The van der Waals surface area contributed by atoms with E-state index < -0.39 is 6.16 Å². The average molecular weight is 501 g/mol. The predicted molar refractivity (Wildman–Crippen MR) is 124 cm³/mol. The molecule has 1 heterocycles. The molecule has 0 bridgehead atoms. The number of carbonyl (C=O) groups excluding carboxylic acids is 3. The van der Waals surface area contributed by atoms with Crippen LogP contribution in [0, 0.1) is 0 Å². The normalized spacial score (nSPS) is 14.2. The van der Waals surface area contributed by atoms with Gasteiger partial charge in [-0.3, -0.25) is 9.59 Å². The molecule has 0 atom stereocenters. The van der Waals surface area contributed by atoms with Gasteiger partial charge in [0.1, 0.15) is 5.75 Å². The second kappa shape index (κ2) is 11.5. The van der Waals surface area contributed by atoms with Crippen LogP contribution in [-0.2, 0) is 9.53 Å². The number of halogens is 1. The maximum absolute atomic E-state index is 12.9. The van der Waals surface area contributed by atoms with E-state index in [9.17, 15) is 14.4 Å². The Hall–Kier alpha value is -3.13. The minimum atomic E-state index is -0.780. The lowest BCUT2D eigenvalue weighted by molar-refractivity contribution is -0.125. The Labute approximate surface area is 195 Å². The summed E-state index contributed by atoms with van der Waals surface area (Å²) in [6.45, 7) is 4.01. The van der Waals surface area contributed by atoms with E-state index in [0.717, 1.165) is 10.0 Å². The lowest BCUT2D eigenvalue weighted by atomic mass is 10.2. The second-order valence-corrected chi connectivity index (χ2v) is 8.08. The molecule has 7 nitrogen and oxygen atoms in total. The van der Waals surface area contributed by atoms with Crippen molar-refractivity contribution in [3.05, 3.63) is 70.2 Å². The minimum absolute atomic E-state index is 0.0697. The zero-order valence-electron chi connectivity index (χ0n) is 17.8. The van der Waals surface area contributed by atoms with Crippen LogP contribution < -0.4 is 4.74 Å². The highest BCUT2D eigenvalue weighted by atomic mass is 79.9. The molecule has 2 amide bonds. The molecule has 8 heteroatoms. The Morgan fingerprint density at radius 2 is 1.72 bits per heavy atom. The largest absolute Gasteiger partial charge is 0.513 e. The van der Waals surface area contributed by atoms with Gasteiger partial charge in [-0.2, -0.15) is 0 Å². The highest BCUT2D eigenvalue weighted by molar-refractivity contribution is 9.10. The van der Waals surface area contributed by atoms with Gasteiger partial charge in [-0.05, 0) is 61.4 Å². The molecular weight excluding hydrogens is 476 g/mol. The summed E-state index contributed by atoms with van der Waals surface area (Å²) in [5.74, 6) is 0.122. The maximum Gasteiger partial charge on any atom is 0.513 e. The van der Waals surface area contributed by atoms with Gasteiger partial charge in [0.05, 0.1) is 6.61 Å². The fraction of sp³-hybridized carbons (Fsp3) is 0.292. The molecule has 1 aliphatic heterocycles. The third kappa shape index (κ3) is 6.68. The Morgan fingerprint density at radius 1 is 1.00 bits per heavy atom. The van der Waals surface area contributed by atoms with Gasteiger partial charge in [-0.25, -0.2) is 4.79 Å². The zero-order chi connectivity index (χ0) is 22.9. The Morgan fingerprint density at radius 3 is 2.44 bits per heavy atom. The van der Waals surface area contributed by atoms with E-state index in [2.05, 4.69) is 15.9 Å². The summed E-state index contributed by atoms with van der Waals surface area (Å²) < 4.78 is 10.7. The van der Waals surface area contributed by atoms with Crippen molar-refractivity contribution in [3.8, 4) is 5.75 Å². The first-order valence-electron chi connectivity index (χ1n) is 10.4. The van der Waals surface area contributed by atoms with Crippen molar-refractivity contribution >= 4 is 40.0 Å². The molecule has 0 aliphatic carbocycles. The van der Waals surface area contributed by atoms with Gasteiger partial charge in [0.25, 0.3) is 5.91 Å². The summed E-state index contributed by atoms with van der Waals surface area (Å²) in [6, 6.07) is 14.1. The van der Waals surface area contributed by atoms with E-state index in [-0.39, 0.29) is 18.4 Å². The average Bonchev–Trinajstić information content (AvgIpc) is 3.04. The maximum atomic E-state index is 12.9. The molecule has 2 aromatic carbocycles. The number of rotatable bonds is 5. The molecule has 0 aromatic heterocycles. The van der Waals surface area contributed by atoms with Gasteiger partial charge in [0.2, 0.25) is 5.91 Å². The summed E-state index contributed by atoms with van der Waals surface area (Å²) in [5, 5.41) is 0. The first-order valence-corrected chi connectivity index (χ1v) is 11.2. The van der Waals surface area contributed by atoms with Crippen molar-refractivity contribution in [2.75, 3.05) is 32.8 Å². The number of ether oxygens (including phenoxy) is 2. The molecule has 0 unspecified atom stereocenters. The van der Waals surface area contributed by atoms with Crippen LogP contribution in [0.4, 0.5) is 4.79 Å². The lowest BCUT2D eigenvalue weighted by Gasteiger charge is -2.21. The van der Waals surface area contributed by atoms with E-state index in [1.165, 1.54) is 0 Å². The highest BCUT2D eigenvalue weighted by Gasteiger charge is 2.22. The summed E-state index contributed by atoms with van der Waals surface area (Å²) in [4.78, 5) is 40.4. The standard InChI is InChI=1S/C24H25BrN2O5/c1-2-31-24(30)32-21-10-8-19(9-11-21)23(29)27-14-4-13-26(15-16-27)22(28)12-7-18-5-3-6-20(25)17-18/h3,5-12,17H,2,4,13-16H2,1H3/b12-7+. The van der Waals surface area contributed by atoms with Crippen LogP contribution in [0.25, 0.3) is 6.08 Å². The Bertz CT molecular complexity index is 990. The van der Waals surface area contributed by atoms with Crippen LogP contribution in [0.3, 0.4) is 0 Å². The summed E-state index contributed by atoms with van der Waals surface area (Å²) >= 11 is 3.42. The van der Waals surface area contributed by atoms with Gasteiger partial charge in [-0.1, -0.05) is 28.1 Å². The fourth-order valence-electron chi connectivity index (χ4n) is 3.32. The molecule has 1 aliphatic rings. The van der Waals surface area contributed by atoms with Gasteiger partial charge >= 0.3 is 6.16 Å². The van der Waals surface area contributed by atoms with Gasteiger partial charge in [0.15, 0.2) is 0 Å². The Kier molecular flexibility index (Phi) is 8.44. The van der Waals surface area contributed by atoms with Crippen molar-refractivity contribution < 1.29 is 23.9 Å².